The van der Waals surface area contributed by atoms with E-state index in [-0.39, 0.29) is 45.0 Å². The number of hydrogen-bond acceptors (Lipinski definition) is 7. The lowest BCUT2D eigenvalue weighted by molar-refractivity contribution is -0.111. The summed E-state index contributed by atoms with van der Waals surface area (Å²) in [7, 11) is 2.58. The van der Waals surface area contributed by atoms with E-state index in [0.29, 0.717) is 28.0 Å². The molecule has 248 valence electrons. The van der Waals surface area contributed by atoms with Crippen LogP contribution in [0.2, 0.25) is 10.0 Å². The molecule has 1 aromatic heterocycles. The third-order valence-electron chi connectivity index (χ3n) is 6.45. The number of esters is 2. The van der Waals surface area contributed by atoms with Gasteiger partial charge in [0.2, 0.25) is 5.91 Å². The van der Waals surface area contributed by atoms with Gasteiger partial charge in [-0.25, -0.2) is 23.4 Å². The molecule has 5 rings (SSSR count). The summed E-state index contributed by atoms with van der Waals surface area (Å²) in [6, 6.07) is 18.6. The van der Waals surface area contributed by atoms with Crippen LogP contribution in [-0.2, 0) is 14.3 Å². The first-order chi connectivity index (χ1) is 22.5. The number of anilines is 2. The molecular formula is C34H27Cl3F2N4O5. The highest BCUT2D eigenvalue weighted by molar-refractivity contribution is 6.31. The molecule has 48 heavy (non-hydrogen) atoms. The lowest BCUT2D eigenvalue weighted by Crippen LogP contribution is -2.11. The summed E-state index contributed by atoms with van der Waals surface area (Å²) in [5, 5.41) is 2.55. The number of aromatic nitrogens is 2. The van der Waals surface area contributed by atoms with Crippen LogP contribution in [0, 0.1) is 11.6 Å². The van der Waals surface area contributed by atoms with Gasteiger partial charge in [-0.2, -0.15) is 0 Å². The predicted molar refractivity (Wildman–Crippen MR) is 186 cm³/mol. The topological polar surface area (TPSA) is 136 Å². The van der Waals surface area contributed by atoms with Gasteiger partial charge in [-0.1, -0.05) is 47.5 Å². The number of methoxy groups -OCH3 is 2. The Morgan fingerprint density at radius 2 is 1.38 bits per heavy atom. The third-order valence-corrected chi connectivity index (χ3v) is 7.04. The molecule has 0 saturated heterocycles. The van der Waals surface area contributed by atoms with Gasteiger partial charge in [-0.15, -0.1) is 12.4 Å². The number of imidazole rings is 1. The van der Waals surface area contributed by atoms with Gasteiger partial charge in [0.05, 0.1) is 57.8 Å². The molecule has 4 N–H and O–H groups in total. The van der Waals surface area contributed by atoms with E-state index in [1.54, 1.807) is 48.6 Å². The fourth-order valence-corrected chi connectivity index (χ4v) is 4.43. The Hall–Kier alpha value is -5.23. The van der Waals surface area contributed by atoms with Crippen LogP contribution in [0.1, 0.15) is 37.7 Å². The number of fused-ring (bicyclic) bond motifs is 1. The van der Waals surface area contributed by atoms with Crippen molar-refractivity contribution in [3.63, 3.8) is 0 Å². The number of aromatic amines is 1. The van der Waals surface area contributed by atoms with Crippen LogP contribution >= 0.6 is 35.6 Å². The highest BCUT2D eigenvalue weighted by atomic mass is 35.5. The average Bonchev–Trinajstić information content (AvgIpc) is 3.49. The Labute approximate surface area is 289 Å². The molecule has 14 heteroatoms. The van der Waals surface area contributed by atoms with Crippen LogP contribution in [-0.4, -0.2) is 42.0 Å². The molecule has 0 aliphatic heterocycles. The molecule has 0 atom stereocenters. The molecule has 0 fully saturated rings. The normalized spacial score (nSPS) is 10.7. The molecule has 0 aliphatic carbocycles. The summed E-state index contributed by atoms with van der Waals surface area (Å²) in [6.07, 6.45) is 5.66. The van der Waals surface area contributed by atoms with Crippen molar-refractivity contribution in [3.05, 3.63) is 129 Å². The number of amides is 1. The molecule has 0 unspecified atom stereocenters. The number of carbonyl (C=O) groups is 3. The fourth-order valence-electron chi connectivity index (χ4n) is 4.07. The molecular weight excluding hydrogens is 689 g/mol. The number of carbonyl (C=O) groups excluding carboxylic acids is 3. The van der Waals surface area contributed by atoms with Gasteiger partial charge in [-0.05, 0) is 66.8 Å². The van der Waals surface area contributed by atoms with E-state index in [1.807, 2.05) is 0 Å². The summed E-state index contributed by atoms with van der Waals surface area (Å²) in [4.78, 5) is 42.4. The van der Waals surface area contributed by atoms with Gasteiger partial charge in [0.15, 0.2) is 0 Å². The Balaban J connectivity index is 0.000000255. The Morgan fingerprint density at radius 1 is 0.812 bits per heavy atom. The van der Waals surface area contributed by atoms with E-state index in [9.17, 15) is 23.2 Å². The third kappa shape index (κ3) is 9.41. The van der Waals surface area contributed by atoms with Gasteiger partial charge in [0.25, 0.3) is 0 Å². The zero-order valence-corrected chi connectivity index (χ0v) is 27.6. The first-order valence-electron chi connectivity index (χ1n) is 13.6. The summed E-state index contributed by atoms with van der Waals surface area (Å²) in [5.74, 6) is -2.06. The van der Waals surface area contributed by atoms with Crippen molar-refractivity contribution >= 4 is 94.1 Å². The number of H-pyrrole nitrogens is 1. The van der Waals surface area contributed by atoms with Crippen LogP contribution in [0.25, 0.3) is 29.3 Å². The number of rotatable bonds is 7. The number of hydrogen-bond donors (Lipinski definition) is 3. The van der Waals surface area contributed by atoms with E-state index in [0.717, 1.165) is 6.08 Å². The zero-order chi connectivity index (χ0) is 34.1. The largest absolute Gasteiger partial charge is 0.465 e. The van der Waals surface area contributed by atoms with Crippen LogP contribution in [0.4, 0.5) is 20.2 Å². The molecule has 0 spiro atoms. The Kier molecular flexibility index (Phi) is 13.2. The minimum atomic E-state index is -0.615. The highest BCUT2D eigenvalue weighted by Gasteiger charge is 2.11. The summed E-state index contributed by atoms with van der Waals surface area (Å²) in [6.45, 7) is 0. The monoisotopic (exact) mass is 714 g/mol. The van der Waals surface area contributed by atoms with E-state index < -0.39 is 29.5 Å². The molecule has 0 aliphatic rings. The minimum Gasteiger partial charge on any atom is -0.465 e. The maximum absolute atomic E-state index is 13.8. The molecule has 0 bridgehead atoms. The molecule has 9 nitrogen and oxygen atoms in total. The SMILES string of the molecule is COC(=O)c1ccc(N)c(NC(=O)/C=C/c2cccc(Cl)c2F)c1.COC(=O)c1ccc2nc(/C=C/c3cccc(Cl)c3F)[nH]c2c1.Cl. The summed E-state index contributed by atoms with van der Waals surface area (Å²) in [5.41, 5.74) is 8.90. The van der Waals surface area contributed by atoms with E-state index in [4.69, 9.17) is 28.9 Å². The van der Waals surface area contributed by atoms with Crippen molar-refractivity contribution in [1.82, 2.24) is 9.97 Å². The average molecular weight is 716 g/mol. The number of nitrogens with one attached hydrogen (secondary N) is 2. The van der Waals surface area contributed by atoms with Gasteiger partial charge in [0, 0.05) is 17.2 Å². The second-order valence-electron chi connectivity index (χ2n) is 9.58. The second kappa shape index (κ2) is 17.1. The molecule has 1 heterocycles. The van der Waals surface area contributed by atoms with Crippen LogP contribution < -0.4 is 11.1 Å². The lowest BCUT2D eigenvalue weighted by atomic mass is 10.1. The fraction of sp³-hybridized carbons (Fsp3) is 0.0588. The first-order valence-corrected chi connectivity index (χ1v) is 14.4. The quantitative estimate of drug-likeness (QED) is 0.0877. The van der Waals surface area contributed by atoms with Crippen LogP contribution in [0.3, 0.4) is 0 Å². The van der Waals surface area contributed by atoms with Crippen molar-refractivity contribution < 1.29 is 32.6 Å². The second-order valence-corrected chi connectivity index (χ2v) is 10.4. The van der Waals surface area contributed by atoms with E-state index in [2.05, 4.69) is 24.8 Å². The van der Waals surface area contributed by atoms with Gasteiger partial charge < -0.3 is 25.5 Å². The highest BCUT2D eigenvalue weighted by Crippen LogP contribution is 2.23. The van der Waals surface area contributed by atoms with Crippen molar-refractivity contribution in [3.8, 4) is 0 Å². The van der Waals surface area contributed by atoms with Crippen molar-refractivity contribution in [2.45, 2.75) is 0 Å². The minimum absolute atomic E-state index is 0. The van der Waals surface area contributed by atoms with Crippen molar-refractivity contribution in [1.29, 1.82) is 0 Å². The van der Waals surface area contributed by atoms with Crippen LogP contribution in [0.5, 0.6) is 0 Å². The molecule has 0 radical (unpaired) electrons. The molecule has 4 aromatic carbocycles. The summed E-state index contributed by atoms with van der Waals surface area (Å²) < 4.78 is 36.8. The van der Waals surface area contributed by atoms with Gasteiger partial charge >= 0.3 is 11.9 Å². The van der Waals surface area contributed by atoms with E-state index >= 15 is 0 Å². The predicted octanol–water partition coefficient (Wildman–Crippen LogP) is 8.23. The summed E-state index contributed by atoms with van der Waals surface area (Å²) >= 11 is 11.4. The molecule has 1 amide bonds. The maximum atomic E-state index is 13.8. The van der Waals surface area contributed by atoms with E-state index in [1.165, 1.54) is 56.7 Å². The number of nitrogens with two attached hydrogens (primary N) is 1. The van der Waals surface area contributed by atoms with Crippen molar-refractivity contribution in [2.24, 2.45) is 0 Å². The van der Waals surface area contributed by atoms with Gasteiger partial charge in [-0.3, -0.25) is 4.79 Å². The Bertz CT molecular complexity index is 2030. The van der Waals surface area contributed by atoms with Crippen molar-refractivity contribution in [2.75, 3.05) is 25.3 Å². The van der Waals surface area contributed by atoms with Gasteiger partial charge in [0.1, 0.15) is 17.5 Å². The number of halogens is 5. The zero-order valence-electron chi connectivity index (χ0n) is 25.2. The smallest absolute Gasteiger partial charge is 0.337 e. The molecule has 5 aromatic rings. The number of nitrogens with zero attached hydrogens (tertiary/aromatic N) is 1. The number of ether oxygens (including phenoxy) is 2. The first kappa shape index (κ1) is 37.2. The maximum Gasteiger partial charge on any atom is 0.337 e. The number of nitrogen functional groups attached to an aromatic ring is 1. The standard InChI is InChI=1S/C17H14ClFN2O3.C17H12ClFN2O2.ClH/c1-24-17(23)11-5-7-13(20)14(9-11)21-15(22)8-6-10-3-2-4-12(18)16(10)19;1-23-17(22)11-5-7-13-14(9-11)21-15(20-13)8-6-10-3-2-4-12(18)16(10)19;/h2-9H,20H2,1H3,(H,21,22);2-9H,1H3,(H,20,21);1H/b2*8-6+;. The number of benzene rings is 4. The van der Waals surface area contributed by atoms with Crippen LogP contribution in [0.15, 0.2) is 78.9 Å². The Morgan fingerprint density at radius 3 is 1.98 bits per heavy atom. The lowest BCUT2D eigenvalue weighted by Gasteiger charge is -2.08. The molecule has 0 saturated carbocycles.